The van der Waals surface area contributed by atoms with Crippen LogP contribution in [0.1, 0.15) is 44.6 Å². The second-order valence-electron chi connectivity index (χ2n) is 7.59. The van der Waals surface area contributed by atoms with Crippen LogP contribution in [0.2, 0.25) is 5.02 Å². The van der Waals surface area contributed by atoms with Crippen molar-refractivity contribution in [3.63, 3.8) is 0 Å². The fourth-order valence-electron chi connectivity index (χ4n) is 3.50. The average Bonchev–Trinajstić information content (AvgIpc) is 3.03. The Hall–Kier alpha value is -1.89. The molecule has 0 saturated carbocycles. The summed E-state index contributed by atoms with van der Waals surface area (Å²) in [5.41, 5.74) is 0.472. The van der Waals surface area contributed by atoms with E-state index in [1.54, 1.807) is 36.4 Å². The number of hydrogen-bond donors (Lipinski definition) is 1. The molecule has 2 aromatic carbocycles. The molecule has 1 atom stereocenters. The van der Waals surface area contributed by atoms with Gasteiger partial charge in [0, 0.05) is 22.5 Å². The molecule has 2 aromatic rings. The van der Waals surface area contributed by atoms with Gasteiger partial charge >= 0.3 is 0 Å². The van der Waals surface area contributed by atoms with Gasteiger partial charge in [0.2, 0.25) is 0 Å². The largest absolute Gasteiger partial charge is 0.368 e. The van der Waals surface area contributed by atoms with Crippen molar-refractivity contribution in [2.24, 2.45) is 4.99 Å². The highest BCUT2D eigenvalue weighted by Gasteiger charge is 2.38. The van der Waals surface area contributed by atoms with E-state index in [4.69, 9.17) is 11.6 Å². The molecule has 0 amide bonds. The van der Waals surface area contributed by atoms with Crippen LogP contribution in [0.25, 0.3) is 0 Å². The van der Waals surface area contributed by atoms with Crippen LogP contribution >= 0.6 is 11.6 Å². The molecule has 3 rings (SSSR count). The monoisotopic (exact) mass is 434 g/mol. The SMILES string of the molecule is CCCCCCC1(O)CN(c2ccc(S(C)(=O)=O)cc2)C(c2ccc(Cl)cc2)=N1. The van der Waals surface area contributed by atoms with Crippen molar-refractivity contribution in [1.29, 1.82) is 0 Å². The second-order valence-corrected chi connectivity index (χ2v) is 10.0. The van der Waals surface area contributed by atoms with E-state index in [0.29, 0.717) is 23.8 Å². The number of nitrogens with zero attached hydrogens (tertiary/aromatic N) is 2. The number of anilines is 1. The van der Waals surface area contributed by atoms with Crippen LogP contribution in [0, 0.1) is 0 Å². The Morgan fingerprint density at radius 3 is 2.31 bits per heavy atom. The van der Waals surface area contributed by atoms with Crippen LogP contribution in [-0.4, -0.2) is 37.9 Å². The standard InChI is InChI=1S/C22H27ClN2O3S/c1-3-4-5-6-15-22(26)16-25(19-11-13-20(14-12-19)29(2,27)28)21(24-22)17-7-9-18(23)10-8-17/h7-14,26H,3-6,15-16H2,1-2H3. The molecule has 0 aliphatic carbocycles. The van der Waals surface area contributed by atoms with Gasteiger partial charge in [-0.2, -0.15) is 0 Å². The fraction of sp³-hybridized carbons (Fsp3) is 0.409. The fourth-order valence-corrected chi connectivity index (χ4v) is 4.25. The van der Waals surface area contributed by atoms with Gasteiger partial charge in [-0.1, -0.05) is 37.8 Å². The maximum atomic E-state index is 11.8. The first kappa shape index (κ1) is 21.8. The summed E-state index contributed by atoms with van der Waals surface area (Å²) in [6.45, 7) is 2.48. The second kappa shape index (κ2) is 8.86. The van der Waals surface area contributed by atoms with Gasteiger partial charge in [-0.15, -0.1) is 0 Å². The highest BCUT2D eigenvalue weighted by molar-refractivity contribution is 7.90. The first-order valence-corrected chi connectivity index (χ1v) is 12.1. The van der Waals surface area contributed by atoms with Crippen LogP contribution in [0.15, 0.2) is 58.4 Å². The van der Waals surface area contributed by atoms with Crippen LogP contribution in [0.5, 0.6) is 0 Å². The Labute approximate surface area is 178 Å². The smallest absolute Gasteiger partial charge is 0.176 e. The summed E-state index contributed by atoms with van der Waals surface area (Å²) in [5, 5.41) is 11.8. The predicted octanol–water partition coefficient (Wildman–Crippen LogP) is 4.67. The van der Waals surface area contributed by atoms with Crippen LogP contribution in [0.3, 0.4) is 0 Å². The Morgan fingerprint density at radius 1 is 1.07 bits per heavy atom. The van der Waals surface area contributed by atoms with E-state index in [1.165, 1.54) is 6.26 Å². The predicted molar refractivity (Wildman–Crippen MR) is 119 cm³/mol. The average molecular weight is 435 g/mol. The number of aliphatic imine (C=N–C) groups is 1. The maximum Gasteiger partial charge on any atom is 0.176 e. The lowest BCUT2D eigenvalue weighted by Crippen LogP contribution is -2.36. The number of unbranched alkanes of at least 4 members (excludes halogenated alkanes) is 3. The Bertz CT molecular complexity index is 972. The Morgan fingerprint density at radius 2 is 1.72 bits per heavy atom. The molecule has 0 aromatic heterocycles. The number of halogens is 1. The van der Waals surface area contributed by atoms with Crippen molar-refractivity contribution in [3.8, 4) is 0 Å². The van der Waals surface area contributed by atoms with Crippen molar-refractivity contribution < 1.29 is 13.5 Å². The number of amidine groups is 1. The van der Waals surface area contributed by atoms with Gasteiger partial charge in [-0.25, -0.2) is 13.4 Å². The first-order valence-electron chi connectivity index (χ1n) is 9.88. The minimum atomic E-state index is -3.27. The molecular formula is C22H27ClN2O3S. The van der Waals surface area contributed by atoms with Gasteiger partial charge in [-0.3, -0.25) is 0 Å². The lowest BCUT2D eigenvalue weighted by atomic mass is 10.0. The molecule has 7 heteroatoms. The van der Waals surface area contributed by atoms with Crippen LogP contribution in [-0.2, 0) is 9.84 Å². The van der Waals surface area contributed by atoms with Gasteiger partial charge in [-0.05, 0) is 61.4 Å². The molecule has 0 saturated heterocycles. The first-order chi connectivity index (χ1) is 13.7. The zero-order chi connectivity index (χ0) is 21.1. The Balaban J connectivity index is 1.91. The molecule has 1 heterocycles. The van der Waals surface area contributed by atoms with E-state index in [1.807, 2.05) is 17.0 Å². The highest BCUT2D eigenvalue weighted by atomic mass is 35.5. The summed E-state index contributed by atoms with van der Waals surface area (Å²) in [6, 6.07) is 14.0. The topological polar surface area (TPSA) is 70.0 Å². The molecule has 156 valence electrons. The summed E-state index contributed by atoms with van der Waals surface area (Å²) < 4.78 is 23.5. The summed E-state index contributed by atoms with van der Waals surface area (Å²) in [7, 11) is -3.27. The van der Waals surface area contributed by atoms with Crippen molar-refractivity contribution in [3.05, 3.63) is 59.1 Å². The third kappa shape index (κ3) is 5.38. The van der Waals surface area contributed by atoms with E-state index in [-0.39, 0.29) is 4.90 Å². The van der Waals surface area contributed by atoms with E-state index in [0.717, 1.165) is 36.9 Å². The zero-order valence-electron chi connectivity index (χ0n) is 16.8. The number of sulfone groups is 1. The minimum absolute atomic E-state index is 0.264. The van der Waals surface area contributed by atoms with E-state index >= 15 is 0 Å². The third-order valence-corrected chi connectivity index (χ3v) is 6.47. The van der Waals surface area contributed by atoms with E-state index in [9.17, 15) is 13.5 Å². The van der Waals surface area contributed by atoms with E-state index in [2.05, 4.69) is 11.9 Å². The molecule has 5 nitrogen and oxygen atoms in total. The molecule has 0 bridgehead atoms. The molecule has 29 heavy (non-hydrogen) atoms. The van der Waals surface area contributed by atoms with Crippen molar-refractivity contribution in [1.82, 2.24) is 0 Å². The molecule has 1 unspecified atom stereocenters. The molecule has 0 fully saturated rings. The highest BCUT2D eigenvalue weighted by Crippen LogP contribution is 2.32. The quantitative estimate of drug-likeness (QED) is 0.613. The lowest BCUT2D eigenvalue weighted by molar-refractivity contribution is 0.0552. The molecule has 0 radical (unpaired) electrons. The van der Waals surface area contributed by atoms with Gasteiger partial charge in [0.05, 0.1) is 11.4 Å². The number of β-amino-alcohol motifs (C(OH)–C–C–N with tert-alkyl or cyclic N) is 1. The summed E-state index contributed by atoms with van der Waals surface area (Å²) in [4.78, 5) is 6.89. The molecule has 0 spiro atoms. The van der Waals surface area contributed by atoms with Gasteiger partial charge in [0.25, 0.3) is 0 Å². The van der Waals surface area contributed by atoms with Crippen molar-refractivity contribution in [2.75, 3.05) is 17.7 Å². The van der Waals surface area contributed by atoms with Crippen molar-refractivity contribution in [2.45, 2.75) is 49.6 Å². The number of benzene rings is 2. The summed E-state index contributed by atoms with van der Waals surface area (Å²) in [6.07, 6.45) is 6.02. The molecule has 1 aliphatic heterocycles. The molecule has 1 N–H and O–H groups in total. The zero-order valence-corrected chi connectivity index (χ0v) is 18.4. The number of aliphatic hydroxyl groups is 1. The van der Waals surface area contributed by atoms with Crippen molar-refractivity contribution >= 4 is 33.0 Å². The normalized spacial score (nSPS) is 19.4. The van der Waals surface area contributed by atoms with E-state index < -0.39 is 15.6 Å². The number of hydrogen-bond acceptors (Lipinski definition) is 5. The van der Waals surface area contributed by atoms with Crippen LogP contribution < -0.4 is 4.90 Å². The Kier molecular flexibility index (Phi) is 6.66. The van der Waals surface area contributed by atoms with Gasteiger partial charge < -0.3 is 10.0 Å². The third-order valence-electron chi connectivity index (χ3n) is 5.09. The maximum absolute atomic E-state index is 11.8. The number of rotatable bonds is 8. The molecular weight excluding hydrogens is 408 g/mol. The summed E-state index contributed by atoms with van der Waals surface area (Å²) in [5.74, 6) is 0.659. The summed E-state index contributed by atoms with van der Waals surface area (Å²) >= 11 is 6.03. The van der Waals surface area contributed by atoms with Gasteiger partial charge in [0.1, 0.15) is 5.84 Å². The lowest BCUT2D eigenvalue weighted by Gasteiger charge is -2.24. The minimum Gasteiger partial charge on any atom is -0.368 e. The van der Waals surface area contributed by atoms with Crippen LogP contribution in [0.4, 0.5) is 5.69 Å². The molecule has 1 aliphatic rings. The van der Waals surface area contributed by atoms with Gasteiger partial charge in [0.15, 0.2) is 15.6 Å².